The average Bonchev–Trinajstić information content (AvgIpc) is 3.55. The summed E-state index contributed by atoms with van der Waals surface area (Å²) < 4.78 is 7.25. The van der Waals surface area contributed by atoms with Crippen LogP contribution in [0, 0.1) is 12.8 Å². The number of aryl methyl sites for hydroxylation is 1. The summed E-state index contributed by atoms with van der Waals surface area (Å²) in [5, 5.41) is 7.83. The molecule has 180 valence electrons. The highest BCUT2D eigenvalue weighted by molar-refractivity contribution is 5.94. The van der Waals surface area contributed by atoms with Crippen molar-refractivity contribution in [2.24, 2.45) is 5.92 Å². The van der Waals surface area contributed by atoms with Gasteiger partial charge in [-0.25, -0.2) is 4.68 Å². The minimum absolute atomic E-state index is 0.0202. The molecule has 0 saturated heterocycles. The van der Waals surface area contributed by atoms with Gasteiger partial charge in [-0.3, -0.25) is 9.59 Å². The second kappa shape index (κ2) is 9.87. The highest BCUT2D eigenvalue weighted by Gasteiger charge is 2.29. The molecule has 1 aliphatic rings. The molecule has 2 heterocycles. The van der Waals surface area contributed by atoms with E-state index in [9.17, 15) is 9.59 Å². The van der Waals surface area contributed by atoms with E-state index in [1.54, 1.807) is 21.9 Å². The van der Waals surface area contributed by atoms with Gasteiger partial charge in [0.25, 0.3) is 0 Å². The van der Waals surface area contributed by atoms with Gasteiger partial charge in [-0.05, 0) is 43.5 Å². The molecule has 1 fully saturated rings. The monoisotopic (exact) mass is 462 g/mol. The molecular weight excluding hydrogens is 428 g/mol. The lowest BCUT2D eigenvalue weighted by molar-refractivity contribution is -0.139. The van der Waals surface area contributed by atoms with Gasteiger partial charge in [0.1, 0.15) is 18.1 Å². The van der Waals surface area contributed by atoms with Gasteiger partial charge in [-0.2, -0.15) is 5.10 Å². The molecule has 0 atom stereocenters. The largest absolute Gasteiger partial charge is 0.467 e. The van der Waals surface area contributed by atoms with Crippen LogP contribution in [0.15, 0.2) is 53.1 Å². The second-order valence-corrected chi connectivity index (χ2v) is 10.2. The molecule has 1 saturated carbocycles. The smallest absolute Gasteiger partial charge is 0.245 e. The van der Waals surface area contributed by atoms with E-state index in [0.29, 0.717) is 11.6 Å². The van der Waals surface area contributed by atoms with Crippen molar-refractivity contribution >= 4 is 17.6 Å². The van der Waals surface area contributed by atoms with Crippen molar-refractivity contribution in [1.82, 2.24) is 14.7 Å². The minimum Gasteiger partial charge on any atom is -0.467 e. The van der Waals surface area contributed by atoms with Gasteiger partial charge in [0, 0.05) is 17.4 Å². The van der Waals surface area contributed by atoms with E-state index < -0.39 is 0 Å². The van der Waals surface area contributed by atoms with Crippen LogP contribution in [-0.2, 0) is 21.5 Å². The minimum atomic E-state index is -0.256. The number of amides is 2. The Bertz CT molecular complexity index is 1140. The number of anilines is 1. The number of rotatable bonds is 7. The van der Waals surface area contributed by atoms with Crippen molar-refractivity contribution in [2.45, 2.75) is 65.3 Å². The molecule has 1 aromatic carbocycles. The van der Waals surface area contributed by atoms with Gasteiger partial charge < -0.3 is 14.6 Å². The summed E-state index contributed by atoms with van der Waals surface area (Å²) in [6, 6.07) is 13.5. The quantitative estimate of drug-likeness (QED) is 0.521. The van der Waals surface area contributed by atoms with Crippen LogP contribution < -0.4 is 5.32 Å². The third-order valence-electron chi connectivity index (χ3n) is 6.37. The Hall–Kier alpha value is -3.35. The maximum absolute atomic E-state index is 13.2. The Labute approximate surface area is 201 Å². The molecule has 0 aliphatic heterocycles. The molecule has 1 N–H and O–H groups in total. The molecule has 0 spiro atoms. The Kier molecular flexibility index (Phi) is 6.91. The first-order valence-electron chi connectivity index (χ1n) is 12.0. The highest BCUT2D eigenvalue weighted by atomic mass is 16.3. The fraction of sp³-hybridized carbons (Fsp3) is 0.444. The number of carbonyl (C=O) groups excluding carboxylic acids is 2. The lowest BCUT2D eigenvalue weighted by Crippen LogP contribution is -2.40. The van der Waals surface area contributed by atoms with E-state index in [1.165, 1.54) is 0 Å². The lowest BCUT2D eigenvalue weighted by Gasteiger charge is -2.24. The topological polar surface area (TPSA) is 80.4 Å². The number of benzene rings is 1. The summed E-state index contributed by atoms with van der Waals surface area (Å²) in [4.78, 5) is 28.1. The van der Waals surface area contributed by atoms with Gasteiger partial charge in [-0.15, -0.1) is 0 Å². The third-order valence-corrected chi connectivity index (χ3v) is 6.37. The van der Waals surface area contributed by atoms with Crippen molar-refractivity contribution in [2.75, 3.05) is 11.9 Å². The number of aromatic nitrogens is 2. The molecule has 2 amide bonds. The van der Waals surface area contributed by atoms with Gasteiger partial charge >= 0.3 is 0 Å². The van der Waals surface area contributed by atoms with Crippen LogP contribution in [-0.4, -0.2) is 33.0 Å². The maximum atomic E-state index is 13.2. The fourth-order valence-corrected chi connectivity index (χ4v) is 4.41. The van der Waals surface area contributed by atoms with E-state index in [2.05, 4.69) is 26.1 Å². The standard InChI is InChI=1S/C27H34N4O3/c1-19-10-5-8-14-22(19)31-24(16-23(29-31)27(2,3)4)28-25(32)18-30(17-21-13-9-15-34-21)26(33)20-11-6-7-12-20/h5,8-10,13-16,20H,6-7,11-12,17-18H2,1-4H3,(H,28,32). The van der Waals surface area contributed by atoms with Gasteiger partial charge in [-0.1, -0.05) is 51.8 Å². The number of para-hydroxylation sites is 1. The molecule has 1 aliphatic carbocycles. The van der Waals surface area contributed by atoms with E-state index >= 15 is 0 Å². The molecule has 0 bridgehead atoms. The summed E-state index contributed by atoms with van der Waals surface area (Å²) in [5.41, 5.74) is 2.65. The number of nitrogens with zero attached hydrogens (tertiary/aromatic N) is 3. The molecule has 34 heavy (non-hydrogen) atoms. The molecule has 4 rings (SSSR count). The number of hydrogen-bond acceptors (Lipinski definition) is 4. The predicted molar refractivity (Wildman–Crippen MR) is 132 cm³/mol. The highest BCUT2D eigenvalue weighted by Crippen LogP contribution is 2.29. The normalized spacial score (nSPS) is 14.4. The fourth-order valence-electron chi connectivity index (χ4n) is 4.41. The zero-order chi connectivity index (χ0) is 24.3. The van der Waals surface area contributed by atoms with E-state index in [0.717, 1.165) is 42.6 Å². The maximum Gasteiger partial charge on any atom is 0.245 e. The third kappa shape index (κ3) is 5.41. The lowest BCUT2D eigenvalue weighted by atomic mass is 9.92. The number of carbonyl (C=O) groups is 2. The van der Waals surface area contributed by atoms with Gasteiger partial charge in [0.2, 0.25) is 11.8 Å². The first-order valence-corrected chi connectivity index (χ1v) is 12.0. The van der Waals surface area contributed by atoms with Crippen molar-refractivity contribution in [3.63, 3.8) is 0 Å². The summed E-state index contributed by atoms with van der Waals surface area (Å²) in [6.45, 7) is 8.53. The first kappa shape index (κ1) is 23.8. The zero-order valence-electron chi connectivity index (χ0n) is 20.5. The van der Waals surface area contributed by atoms with Crippen LogP contribution in [0.25, 0.3) is 5.69 Å². The first-order chi connectivity index (χ1) is 16.2. The van der Waals surface area contributed by atoms with Crippen molar-refractivity contribution < 1.29 is 14.0 Å². The van der Waals surface area contributed by atoms with Gasteiger partial charge in [0.05, 0.1) is 24.2 Å². The number of furan rings is 1. The van der Waals surface area contributed by atoms with Crippen LogP contribution in [0.3, 0.4) is 0 Å². The van der Waals surface area contributed by atoms with Crippen LogP contribution in [0.4, 0.5) is 5.82 Å². The van der Waals surface area contributed by atoms with Gasteiger partial charge in [0.15, 0.2) is 0 Å². The summed E-state index contributed by atoms with van der Waals surface area (Å²) in [5.74, 6) is 1.00. The average molecular weight is 463 g/mol. The van der Waals surface area contributed by atoms with Crippen LogP contribution in [0.2, 0.25) is 0 Å². The van der Waals surface area contributed by atoms with Crippen LogP contribution >= 0.6 is 0 Å². The molecule has 0 unspecified atom stereocenters. The Morgan fingerprint density at radius 3 is 2.53 bits per heavy atom. The van der Waals surface area contributed by atoms with Crippen LogP contribution in [0.1, 0.15) is 63.5 Å². The Morgan fingerprint density at radius 1 is 1.15 bits per heavy atom. The van der Waals surface area contributed by atoms with E-state index in [4.69, 9.17) is 9.52 Å². The summed E-state index contributed by atoms with van der Waals surface area (Å²) in [6.07, 6.45) is 5.46. The number of hydrogen-bond donors (Lipinski definition) is 1. The SMILES string of the molecule is Cc1ccccc1-n1nc(C(C)(C)C)cc1NC(=O)CN(Cc1ccco1)C(=O)C1CCCC1. The second-order valence-electron chi connectivity index (χ2n) is 10.2. The van der Waals surface area contributed by atoms with Crippen molar-refractivity contribution in [3.8, 4) is 5.69 Å². The Balaban J connectivity index is 1.58. The Morgan fingerprint density at radius 2 is 1.88 bits per heavy atom. The molecule has 3 aromatic rings. The van der Waals surface area contributed by atoms with E-state index in [-0.39, 0.29) is 36.2 Å². The predicted octanol–water partition coefficient (Wildman–Crippen LogP) is 5.23. The van der Waals surface area contributed by atoms with Crippen LogP contribution in [0.5, 0.6) is 0 Å². The molecular formula is C27H34N4O3. The molecule has 2 aromatic heterocycles. The molecule has 7 heteroatoms. The summed E-state index contributed by atoms with van der Waals surface area (Å²) >= 11 is 0. The molecule has 7 nitrogen and oxygen atoms in total. The zero-order valence-corrected chi connectivity index (χ0v) is 20.5. The molecule has 0 radical (unpaired) electrons. The van der Waals surface area contributed by atoms with E-state index in [1.807, 2.05) is 43.3 Å². The number of nitrogens with one attached hydrogen (secondary N) is 1. The van der Waals surface area contributed by atoms with Crippen molar-refractivity contribution in [1.29, 1.82) is 0 Å². The van der Waals surface area contributed by atoms with Crippen molar-refractivity contribution in [3.05, 3.63) is 65.7 Å². The summed E-state index contributed by atoms with van der Waals surface area (Å²) in [7, 11) is 0.